The van der Waals surface area contributed by atoms with E-state index in [1.54, 1.807) is 0 Å². The van der Waals surface area contributed by atoms with Crippen LogP contribution in [0, 0.1) is 13.8 Å². The van der Waals surface area contributed by atoms with E-state index in [2.05, 4.69) is 0 Å². The van der Waals surface area contributed by atoms with Crippen molar-refractivity contribution < 1.29 is 22.6 Å². The number of aryl methyl sites for hydroxylation is 2. The van der Waals surface area contributed by atoms with Gasteiger partial charge in [-0.3, -0.25) is 14.1 Å². The van der Waals surface area contributed by atoms with E-state index in [0.29, 0.717) is 5.69 Å². The molecule has 0 radical (unpaired) electrons. The van der Waals surface area contributed by atoms with Crippen LogP contribution in [-0.4, -0.2) is 54.2 Å². The van der Waals surface area contributed by atoms with Crippen molar-refractivity contribution >= 4 is 57.1 Å². The Balaban J connectivity index is 0.00000225. The minimum absolute atomic E-state index is 0. The molecule has 2 aromatic rings. The molecule has 3 rings (SSSR count). The molecule has 1 aliphatic heterocycles. The van der Waals surface area contributed by atoms with Crippen LogP contribution in [0.2, 0.25) is 0 Å². The van der Waals surface area contributed by atoms with Crippen molar-refractivity contribution in [1.29, 1.82) is 0 Å². The van der Waals surface area contributed by atoms with Crippen LogP contribution in [0.25, 0.3) is 0 Å². The molecule has 2 aromatic carbocycles. The van der Waals surface area contributed by atoms with E-state index in [1.165, 1.54) is 17.0 Å². The quantitative estimate of drug-likeness (QED) is 0.504. The van der Waals surface area contributed by atoms with Gasteiger partial charge in [0.1, 0.15) is 0 Å². The average Bonchev–Trinajstić information content (AvgIpc) is 2.74. The van der Waals surface area contributed by atoms with E-state index < -0.39 is 26.7 Å². The molecule has 1 N–H and O–H groups in total. The Morgan fingerprint density at radius 1 is 1.04 bits per heavy atom. The number of hydrogen-bond donors (Lipinski definition) is 1. The third-order valence-electron chi connectivity index (χ3n) is 4.20. The van der Waals surface area contributed by atoms with Crippen LogP contribution < -0.4 is 4.90 Å². The van der Waals surface area contributed by atoms with Gasteiger partial charge in [0.05, 0.1) is 22.7 Å². The van der Waals surface area contributed by atoms with Crippen LogP contribution in [0.15, 0.2) is 41.3 Å². The summed E-state index contributed by atoms with van der Waals surface area (Å²) >= 11 is 0. The third kappa shape index (κ3) is 3.56. The fraction of sp³-hybridized carbons (Fsp3) is 0.176. The van der Waals surface area contributed by atoms with E-state index in [0.717, 1.165) is 22.8 Å². The number of amides is 1. The number of anilines is 1. The minimum atomic E-state index is -4.44. The van der Waals surface area contributed by atoms with Gasteiger partial charge in [0.15, 0.2) is 0 Å². The maximum atomic E-state index is 12.3. The monoisotopic (exact) mass is 369 g/mol. The number of benzene rings is 2. The van der Waals surface area contributed by atoms with Crippen LogP contribution in [0.4, 0.5) is 5.69 Å². The molecule has 0 fully saturated rings. The molecule has 25 heavy (non-hydrogen) atoms. The zero-order chi connectivity index (χ0) is 17.6. The first-order valence-corrected chi connectivity index (χ1v) is 8.67. The number of Topliss-reactive ketones (excluding diaryl/α,β-unsaturated/α-hetero) is 1. The van der Waals surface area contributed by atoms with Gasteiger partial charge in [0.25, 0.3) is 21.8 Å². The summed E-state index contributed by atoms with van der Waals surface area (Å²) in [5.74, 6) is -1.48. The van der Waals surface area contributed by atoms with Crippen molar-refractivity contribution in [3.8, 4) is 0 Å². The van der Waals surface area contributed by atoms with E-state index >= 15 is 0 Å². The second-order valence-electron chi connectivity index (χ2n) is 5.74. The third-order valence-corrected chi connectivity index (χ3v) is 5.05. The van der Waals surface area contributed by atoms with E-state index in [-0.39, 0.29) is 41.7 Å². The molecule has 1 heterocycles. The molecule has 0 aliphatic carbocycles. The molecular weight excluding hydrogens is 353 g/mol. The van der Waals surface area contributed by atoms with E-state index in [9.17, 15) is 18.0 Å². The molecule has 1 aliphatic rings. The Morgan fingerprint density at radius 3 is 2.20 bits per heavy atom. The number of carbonyl (C=O) groups is 2. The number of rotatable bonds is 3. The van der Waals surface area contributed by atoms with Crippen LogP contribution in [-0.2, 0) is 21.5 Å². The SMILES string of the molecule is Cc1cccc(C)c1CN1C(=O)C(=O)c2cc(S(=O)(=O)O)ccc21.[NaH]. The maximum absolute atomic E-state index is 12.3. The Labute approximate surface area is 167 Å². The summed E-state index contributed by atoms with van der Waals surface area (Å²) in [4.78, 5) is 25.4. The number of hydrogen-bond acceptors (Lipinski definition) is 4. The van der Waals surface area contributed by atoms with Crippen molar-refractivity contribution in [3.05, 3.63) is 58.7 Å². The van der Waals surface area contributed by atoms with Gasteiger partial charge in [-0.25, -0.2) is 0 Å². The van der Waals surface area contributed by atoms with Gasteiger partial charge in [-0.1, -0.05) is 18.2 Å². The summed E-state index contributed by atoms with van der Waals surface area (Å²) in [7, 11) is -4.44. The van der Waals surface area contributed by atoms with E-state index in [1.807, 2.05) is 32.0 Å². The average molecular weight is 369 g/mol. The van der Waals surface area contributed by atoms with Crippen molar-refractivity contribution in [2.75, 3.05) is 4.90 Å². The molecule has 126 valence electrons. The summed E-state index contributed by atoms with van der Waals surface area (Å²) in [6.45, 7) is 4.07. The van der Waals surface area contributed by atoms with Gasteiger partial charge < -0.3 is 4.90 Å². The van der Waals surface area contributed by atoms with Crippen molar-refractivity contribution in [2.45, 2.75) is 25.3 Å². The molecule has 0 atom stereocenters. The zero-order valence-corrected chi connectivity index (χ0v) is 13.9. The van der Waals surface area contributed by atoms with Crippen molar-refractivity contribution in [3.63, 3.8) is 0 Å². The predicted molar refractivity (Wildman–Crippen MR) is 94.8 cm³/mol. The molecule has 0 bridgehead atoms. The molecular formula is C17H16NNaO5S. The first-order valence-electron chi connectivity index (χ1n) is 7.23. The molecule has 0 spiro atoms. The molecule has 0 saturated carbocycles. The van der Waals surface area contributed by atoms with Gasteiger partial charge in [-0.15, -0.1) is 0 Å². The first kappa shape index (κ1) is 19.8. The standard InChI is InChI=1S/C17H15NO5S.Na.H/c1-10-4-3-5-11(2)14(10)9-18-15-7-6-12(24(21,22)23)8-13(15)16(19)17(18)20;;/h3-8H,9H2,1-2H3,(H,21,22,23);;. The molecule has 1 amide bonds. The van der Waals surface area contributed by atoms with Crippen LogP contribution in [0.3, 0.4) is 0 Å². The Bertz CT molecular complexity index is 964. The molecule has 0 saturated heterocycles. The van der Waals surface area contributed by atoms with Crippen LogP contribution in [0.1, 0.15) is 27.0 Å². The molecule has 6 nitrogen and oxygen atoms in total. The van der Waals surface area contributed by atoms with Gasteiger partial charge in [-0.05, 0) is 48.7 Å². The number of ketones is 1. The summed E-state index contributed by atoms with van der Waals surface area (Å²) < 4.78 is 31.6. The fourth-order valence-corrected chi connectivity index (χ4v) is 3.36. The van der Waals surface area contributed by atoms with Gasteiger partial charge in [-0.2, -0.15) is 8.42 Å². The Hall–Kier alpha value is -1.51. The summed E-state index contributed by atoms with van der Waals surface area (Å²) in [6, 6.07) is 9.35. The van der Waals surface area contributed by atoms with Crippen molar-refractivity contribution in [1.82, 2.24) is 0 Å². The number of nitrogens with zero attached hydrogens (tertiary/aromatic N) is 1. The molecule has 0 unspecified atom stereocenters. The van der Waals surface area contributed by atoms with Crippen LogP contribution >= 0.6 is 0 Å². The second kappa shape index (κ2) is 7.01. The van der Waals surface area contributed by atoms with Gasteiger partial charge in [0, 0.05) is 0 Å². The molecule has 8 heteroatoms. The fourth-order valence-electron chi connectivity index (χ4n) is 2.85. The summed E-state index contributed by atoms with van der Waals surface area (Å²) in [6.07, 6.45) is 0. The predicted octanol–water partition coefficient (Wildman–Crippen LogP) is 1.63. The first-order chi connectivity index (χ1) is 11.2. The Morgan fingerprint density at radius 2 is 1.64 bits per heavy atom. The zero-order valence-electron chi connectivity index (χ0n) is 13.1. The van der Waals surface area contributed by atoms with Gasteiger partial charge in [0.2, 0.25) is 0 Å². The number of fused-ring (bicyclic) bond motifs is 1. The van der Waals surface area contributed by atoms with E-state index in [4.69, 9.17) is 4.55 Å². The summed E-state index contributed by atoms with van der Waals surface area (Å²) in [5, 5.41) is 0. The second-order valence-corrected chi connectivity index (χ2v) is 7.17. The topological polar surface area (TPSA) is 91.8 Å². The Kier molecular flexibility index (Phi) is 5.56. The normalized spacial score (nSPS) is 13.6. The number of carbonyl (C=O) groups excluding carboxylic acids is 2. The molecule has 0 aromatic heterocycles. The van der Waals surface area contributed by atoms with Crippen molar-refractivity contribution in [2.24, 2.45) is 0 Å². The summed E-state index contributed by atoms with van der Waals surface area (Å²) in [5.41, 5.74) is 3.27. The van der Waals surface area contributed by atoms with Crippen LogP contribution in [0.5, 0.6) is 0 Å². The van der Waals surface area contributed by atoms with Gasteiger partial charge >= 0.3 is 29.6 Å².